The van der Waals surface area contributed by atoms with Gasteiger partial charge < -0.3 is 10.2 Å². The number of hydrogen-bond donors (Lipinski definition) is 1. The second kappa shape index (κ2) is 18.7. The van der Waals surface area contributed by atoms with Gasteiger partial charge in [-0.15, -0.1) is 11.3 Å². The van der Waals surface area contributed by atoms with E-state index in [1.54, 1.807) is 23.6 Å². The van der Waals surface area contributed by atoms with Crippen molar-refractivity contribution in [3.05, 3.63) is 151 Å². The lowest BCUT2D eigenvalue weighted by Gasteiger charge is -2.47. The van der Waals surface area contributed by atoms with Crippen molar-refractivity contribution in [3.63, 3.8) is 0 Å². The number of amidine groups is 1. The highest BCUT2D eigenvalue weighted by Crippen LogP contribution is 2.45. The molecule has 3 aromatic rings. The van der Waals surface area contributed by atoms with Crippen LogP contribution in [0, 0.1) is 11.2 Å². The number of aromatic nitrogens is 1. The van der Waals surface area contributed by atoms with Gasteiger partial charge in [0.15, 0.2) is 10.8 Å². The Labute approximate surface area is 351 Å². The second-order valence-corrected chi connectivity index (χ2v) is 18.5. The molecule has 4 nitrogen and oxygen atoms in total. The van der Waals surface area contributed by atoms with Gasteiger partial charge in [-0.25, -0.2) is 9.37 Å². The van der Waals surface area contributed by atoms with Gasteiger partial charge in [0.2, 0.25) is 0 Å². The summed E-state index contributed by atoms with van der Waals surface area (Å²) in [5.41, 5.74) is 14.6. The molecule has 6 rings (SSSR count). The Balaban J connectivity index is 1.06. The minimum absolute atomic E-state index is 0.116. The van der Waals surface area contributed by atoms with Crippen LogP contribution in [0.25, 0.3) is 5.70 Å². The van der Waals surface area contributed by atoms with E-state index in [1.807, 2.05) is 5.38 Å². The highest BCUT2D eigenvalue weighted by molar-refractivity contribution is 7.11. The number of allylic oxidation sites excluding steroid dienone is 5. The van der Waals surface area contributed by atoms with Crippen molar-refractivity contribution < 1.29 is 4.39 Å². The topological polar surface area (TPSA) is 40.5 Å². The molecule has 57 heavy (non-hydrogen) atoms. The van der Waals surface area contributed by atoms with Crippen molar-refractivity contribution in [2.24, 2.45) is 10.4 Å². The number of rotatable bonds is 17. The molecule has 2 aromatic carbocycles. The van der Waals surface area contributed by atoms with Crippen LogP contribution in [0.4, 0.5) is 4.39 Å². The molecule has 0 saturated carbocycles. The van der Waals surface area contributed by atoms with E-state index in [1.165, 1.54) is 72.2 Å². The molecule has 1 aromatic heterocycles. The second-order valence-electron chi connectivity index (χ2n) is 17.2. The molecule has 302 valence electrons. The van der Waals surface area contributed by atoms with Crippen molar-refractivity contribution in [1.29, 1.82) is 0 Å². The van der Waals surface area contributed by atoms with Crippen molar-refractivity contribution >= 4 is 34.5 Å². The Morgan fingerprint density at radius 1 is 1.00 bits per heavy atom. The fourth-order valence-electron chi connectivity index (χ4n) is 8.75. The predicted octanol–water partition coefficient (Wildman–Crippen LogP) is 14.2. The van der Waals surface area contributed by atoms with Gasteiger partial charge in [0.1, 0.15) is 11.9 Å². The van der Waals surface area contributed by atoms with Crippen LogP contribution >= 0.6 is 22.9 Å². The number of aryl methyl sites for hydroxylation is 2. The van der Waals surface area contributed by atoms with E-state index < -0.39 is 0 Å². The molecule has 1 N–H and O–H groups in total. The third-order valence-corrected chi connectivity index (χ3v) is 12.9. The average molecular weight is 806 g/mol. The Morgan fingerprint density at radius 3 is 2.35 bits per heavy atom. The fraction of sp³-hybridized carbons (Fsp3) is 0.440. The van der Waals surface area contributed by atoms with Crippen LogP contribution in [0.15, 0.2) is 112 Å². The molecule has 7 heteroatoms. The van der Waals surface area contributed by atoms with Crippen molar-refractivity contribution in [2.75, 3.05) is 0 Å². The molecule has 3 aliphatic rings. The van der Waals surface area contributed by atoms with E-state index in [-0.39, 0.29) is 17.3 Å². The molecule has 2 unspecified atom stereocenters. The summed E-state index contributed by atoms with van der Waals surface area (Å²) in [5.74, 6) is 0.390. The molecule has 0 fully saturated rings. The number of thiazole rings is 1. The zero-order chi connectivity index (χ0) is 40.9. The van der Waals surface area contributed by atoms with Crippen molar-refractivity contribution in [3.8, 4) is 0 Å². The van der Waals surface area contributed by atoms with Gasteiger partial charge in [0.05, 0.1) is 0 Å². The number of fused-ring (bicyclic) bond motifs is 3. The minimum Gasteiger partial charge on any atom is -0.343 e. The number of halogens is 2. The quantitative estimate of drug-likeness (QED) is 0.138. The highest BCUT2D eigenvalue weighted by atomic mass is 35.5. The Morgan fingerprint density at radius 2 is 1.72 bits per heavy atom. The predicted molar refractivity (Wildman–Crippen MR) is 242 cm³/mol. The summed E-state index contributed by atoms with van der Waals surface area (Å²) in [4.78, 5) is 12.2. The van der Waals surface area contributed by atoms with Gasteiger partial charge >= 0.3 is 0 Å². The molecule has 0 bridgehead atoms. The van der Waals surface area contributed by atoms with Gasteiger partial charge in [0.25, 0.3) is 0 Å². The normalized spacial score (nSPS) is 18.1. The van der Waals surface area contributed by atoms with Crippen LogP contribution in [0.3, 0.4) is 0 Å². The number of nitrogens with zero attached hydrogens (tertiary/aromatic N) is 3. The van der Waals surface area contributed by atoms with E-state index >= 15 is 0 Å². The third-order valence-electron chi connectivity index (χ3n) is 11.8. The van der Waals surface area contributed by atoms with Crippen LogP contribution in [0.5, 0.6) is 0 Å². The summed E-state index contributed by atoms with van der Waals surface area (Å²) in [7, 11) is 0. The molecule has 0 saturated heterocycles. The number of benzene rings is 2. The molecule has 2 atom stereocenters. The fourth-order valence-corrected chi connectivity index (χ4v) is 9.61. The maximum absolute atomic E-state index is 14.1. The molecule has 4 heterocycles. The molecular weight excluding hydrogens is 743 g/mol. The Kier molecular flexibility index (Phi) is 14.0. The van der Waals surface area contributed by atoms with Gasteiger partial charge in [0, 0.05) is 51.4 Å². The summed E-state index contributed by atoms with van der Waals surface area (Å²) in [5, 5.41) is 6.83. The minimum atomic E-state index is -0.360. The summed E-state index contributed by atoms with van der Waals surface area (Å²) in [6.07, 6.45) is 20.8. The first kappa shape index (κ1) is 42.6. The molecule has 3 aliphatic heterocycles. The lowest BCUT2D eigenvalue weighted by atomic mass is 9.75. The Bertz CT molecular complexity index is 2110. The number of aliphatic imine (C=N–C) groups is 1. The molecule has 0 aliphatic carbocycles. The highest BCUT2D eigenvalue weighted by Gasteiger charge is 2.38. The largest absolute Gasteiger partial charge is 0.343 e. The first-order valence-corrected chi connectivity index (χ1v) is 22.4. The number of nitrogens with one attached hydrogen (secondary N) is 1. The summed E-state index contributed by atoms with van der Waals surface area (Å²) >= 11 is 8.21. The maximum atomic E-state index is 14.1. The average Bonchev–Trinajstić information content (AvgIpc) is 3.71. The van der Waals surface area contributed by atoms with Crippen molar-refractivity contribution in [1.82, 2.24) is 15.2 Å². The van der Waals surface area contributed by atoms with Crippen molar-refractivity contribution in [2.45, 2.75) is 137 Å². The molecular formula is C50H62ClFN4S. The lowest BCUT2D eigenvalue weighted by Crippen LogP contribution is -2.45. The number of hydrogen-bond acceptors (Lipinski definition) is 5. The first-order chi connectivity index (χ1) is 27.3. The van der Waals surface area contributed by atoms with Gasteiger partial charge in [-0.05, 0) is 126 Å². The maximum Gasteiger partial charge on any atom is 0.163 e. The van der Waals surface area contributed by atoms with Crippen LogP contribution in [0.1, 0.15) is 145 Å². The standard InChI is InChI=1S/C50H62ClFN4S/c1-10-19-33(5)46-43(54-48(49-53-24-25-57-49)55-47(46)39-23-22-38(52)30-42(39)51)21-18-16-14-12-13-15-17-20-36-27-37-29-45(50(7,8)9)56-31-41(32(3)4)34(6)26-44(56)40(37)28-35(36)11-2/h22-28,30-31,45,47H,3,5-6,10-21,29H2,1-2,4,7-9H3,(H,54,55). The van der Waals surface area contributed by atoms with Crippen LogP contribution in [0.2, 0.25) is 5.02 Å². The Hall–Kier alpha value is -4.00. The zero-order valence-electron chi connectivity index (χ0n) is 35.2. The van der Waals surface area contributed by atoms with Gasteiger partial charge in [-0.3, -0.25) is 4.99 Å². The van der Waals surface area contributed by atoms with E-state index in [0.717, 1.165) is 101 Å². The van der Waals surface area contributed by atoms with Gasteiger partial charge in [-0.2, -0.15) is 0 Å². The zero-order valence-corrected chi connectivity index (χ0v) is 36.7. The smallest absolute Gasteiger partial charge is 0.163 e. The summed E-state index contributed by atoms with van der Waals surface area (Å²) < 4.78 is 14.1. The first-order valence-electron chi connectivity index (χ1n) is 21.1. The van der Waals surface area contributed by atoms with Crippen LogP contribution in [-0.2, 0) is 19.3 Å². The van der Waals surface area contributed by atoms with Crippen LogP contribution < -0.4 is 5.32 Å². The summed E-state index contributed by atoms with van der Waals surface area (Å²) in [6, 6.07) is 9.65. The van der Waals surface area contributed by atoms with E-state index in [9.17, 15) is 4.39 Å². The molecule has 0 amide bonds. The lowest BCUT2D eigenvalue weighted by molar-refractivity contribution is 0.189. The third kappa shape index (κ3) is 9.83. The molecule has 0 spiro atoms. The van der Waals surface area contributed by atoms with E-state index in [4.69, 9.17) is 16.6 Å². The number of unbranched alkanes of at least 4 members (excludes halogenated alkanes) is 6. The van der Waals surface area contributed by atoms with Crippen LogP contribution in [-0.4, -0.2) is 21.8 Å². The van der Waals surface area contributed by atoms with E-state index in [0.29, 0.717) is 11.1 Å². The summed E-state index contributed by atoms with van der Waals surface area (Å²) in [6.45, 7) is 26.8. The molecule has 0 radical (unpaired) electrons. The van der Waals surface area contributed by atoms with E-state index in [2.05, 4.69) is 101 Å². The van der Waals surface area contributed by atoms with Gasteiger partial charge in [-0.1, -0.05) is 117 Å². The SMILES string of the molecule is C=C(C)C1=CN2C(=CC1=C)c1cc(CC)c(CCCCCCCCCC3=C(C(=C)CCC)C(c4ccc(F)cc4Cl)N=C(c4nccs4)N3)cc1CC2C(C)(C)C. The monoisotopic (exact) mass is 804 g/mol.